The molecule has 0 aliphatic rings. The topological polar surface area (TPSA) is 61.0 Å². The van der Waals surface area contributed by atoms with Gasteiger partial charge in [-0.15, -0.1) is 0 Å². The second-order valence-corrected chi connectivity index (χ2v) is 3.87. The van der Waals surface area contributed by atoms with Crippen LogP contribution in [0, 0.1) is 6.92 Å². The molecule has 0 aliphatic carbocycles. The third-order valence-electron chi connectivity index (χ3n) is 2.19. The molecular weight excluding hydrogens is 259 g/mol. The van der Waals surface area contributed by atoms with E-state index in [4.69, 9.17) is 10.5 Å². The van der Waals surface area contributed by atoms with Crippen molar-refractivity contribution < 1.29 is 17.9 Å². The lowest BCUT2D eigenvalue weighted by molar-refractivity contribution is -0.145. The number of halogens is 3. The number of rotatable bonds is 2. The van der Waals surface area contributed by atoms with E-state index < -0.39 is 12.0 Å². The van der Waals surface area contributed by atoms with Crippen molar-refractivity contribution in [2.75, 3.05) is 5.73 Å². The minimum atomic E-state index is -4.67. The smallest absolute Gasteiger partial charge is 0.439 e. The molecule has 1 aromatic heterocycles. The fourth-order valence-electron chi connectivity index (χ4n) is 1.42. The highest BCUT2D eigenvalue weighted by Crippen LogP contribution is 2.29. The standard InChI is InChI=1S/C12H10F3N3O/c1-7-3-2-4-8(5-7)19-10-6-9(16)17-11(18-10)12(13,14)15/h2-6H,1H3,(H2,16,17,18). The first-order valence-corrected chi connectivity index (χ1v) is 5.31. The van der Waals surface area contributed by atoms with Crippen LogP contribution >= 0.6 is 0 Å². The van der Waals surface area contributed by atoms with Gasteiger partial charge in [-0.3, -0.25) is 0 Å². The molecule has 1 heterocycles. The van der Waals surface area contributed by atoms with Crippen LogP contribution in [0.4, 0.5) is 19.0 Å². The number of hydrogen-bond acceptors (Lipinski definition) is 4. The van der Waals surface area contributed by atoms with Gasteiger partial charge in [0.1, 0.15) is 11.6 Å². The van der Waals surface area contributed by atoms with Crippen molar-refractivity contribution in [1.29, 1.82) is 0 Å². The summed E-state index contributed by atoms with van der Waals surface area (Å²) in [6.45, 7) is 1.84. The lowest BCUT2D eigenvalue weighted by atomic mass is 10.2. The van der Waals surface area contributed by atoms with Crippen LogP contribution in [0.1, 0.15) is 11.4 Å². The lowest BCUT2D eigenvalue weighted by Crippen LogP contribution is -2.12. The number of alkyl halides is 3. The van der Waals surface area contributed by atoms with Crippen LogP contribution in [0.3, 0.4) is 0 Å². The molecule has 2 N–H and O–H groups in total. The Morgan fingerprint density at radius 2 is 1.89 bits per heavy atom. The average molecular weight is 269 g/mol. The van der Waals surface area contributed by atoms with E-state index in [0.29, 0.717) is 5.75 Å². The SMILES string of the molecule is Cc1cccc(Oc2cc(N)nc(C(F)(F)F)n2)c1. The molecule has 0 atom stereocenters. The summed E-state index contributed by atoms with van der Waals surface area (Å²) in [4.78, 5) is 6.42. The van der Waals surface area contributed by atoms with Crippen molar-refractivity contribution in [3.8, 4) is 11.6 Å². The second-order valence-electron chi connectivity index (χ2n) is 3.87. The molecule has 0 saturated heterocycles. The van der Waals surface area contributed by atoms with E-state index in [-0.39, 0.29) is 11.7 Å². The molecule has 19 heavy (non-hydrogen) atoms. The van der Waals surface area contributed by atoms with E-state index >= 15 is 0 Å². The molecule has 7 heteroatoms. The lowest BCUT2D eigenvalue weighted by Gasteiger charge is -2.09. The maximum Gasteiger partial charge on any atom is 0.451 e. The van der Waals surface area contributed by atoms with E-state index in [1.54, 1.807) is 18.2 Å². The van der Waals surface area contributed by atoms with E-state index in [2.05, 4.69) is 9.97 Å². The summed E-state index contributed by atoms with van der Waals surface area (Å²) in [5, 5.41) is 0. The number of nitrogen functional groups attached to an aromatic ring is 1. The minimum Gasteiger partial charge on any atom is -0.439 e. The van der Waals surface area contributed by atoms with Crippen LogP contribution in [-0.4, -0.2) is 9.97 Å². The molecule has 1 aromatic carbocycles. The summed E-state index contributed by atoms with van der Waals surface area (Å²) in [5.74, 6) is -1.49. The Balaban J connectivity index is 2.33. The van der Waals surface area contributed by atoms with Crippen molar-refractivity contribution >= 4 is 5.82 Å². The van der Waals surface area contributed by atoms with Crippen molar-refractivity contribution in [2.24, 2.45) is 0 Å². The van der Waals surface area contributed by atoms with Crippen molar-refractivity contribution in [2.45, 2.75) is 13.1 Å². The highest BCUT2D eigenvalue weighted by atomic mass is 19.4. The molecule has 0 bridgehead atoms. The van der Waals surface area contributed by atoms with Gasteiger partial charge in [-0.1, -0.05) is 12.1 Å². The molecular formula is C12H10F3N3O. The van der Waals surface area contributed by atoms with Gasteiger partial charge < -0.3 is 10.5 Å². The zero-order chi connectivity index (χ0) is 14.0. The van der Waals surface area contributed by atoms with E-state index in [1.165, 1.54) is 0 Å². The third kappa shape index (κ3) is 3.34. The van der Waals surface area contributed by atoms with Crippen LogP contribution in [0.15, 0.2) is 30.3 Å². The number of aromatic nitrogens is 2. The maximum absolute atomic E-state index is 12.5. The van der Waals surface area contributed by atoms with E-state index in [9.17, 15) is 13.2 Å². The Hall–Kier alpha value is -2.31. The van der Waals surface area contributed by atoms with E-state index in [0.717, 1.165) is 11.6 Å². The number of nitrogens with zero attached hydrogens (tertiary/aromatic N) is 2. The Kier molecular flexibility index (Phi) is 3.28. The normalized spacial score (nSPS) is 11.4. The van der Waals surface area contributed by atoms with Crippen LogP contribution in [0.5, 0.6) is 11.6 Å². The van der Waals surface area contributed by atoms with Gasteiger partial charge in [-0.05, 0) is 24.6 Å². The van der Waals surface area contributed by atoms with Crippen LogP contribution in [0.25, 0.3) is 0 Å². The number of hydrogen-bond donors (Lipinski definition) is 1. The summed E-state index contributed by atoms with van der Waals surface area (Å²) >= 11 is 0. The van der Waals surface area contributed by atoms with Gasteiger partial charge in [0.15, 0.2) is 0 Å². The first-order valence-electron chi connectivity index (χ1n) is 5.31. The first-order chi connectivity index (χ1) is 8.84. The molecule has 0 spiro atoms. The fraction of sp³-hybridized carbons (Fsp3) is 0.167. The third-order valence-corrected chi connectivity index (χ3v) is 2.19. The molecule has 2 rings (SSSR count). The van der Waals surface area contributed by atoms with Crippen LogP contribution in [-0.2, 0) is 6.18 Å². The molecule has 2 aromatic rings. The summed E-state index contributed by atoms with van der Waals surface area (Å²) in [6.07, 6.45) is -4.67. The number of aryl methyl sites for hydroxylation is 1. The fourth-order valence-corrected chi connectivity index (χ4v) is 1.42. The van der Waals surface area contributed by atoms with Crippen molar-refractivity contribution in [1.82, 2.24) is 9.97 Å². The average Bonchev–Trinajstić information content (AvgIpc) is 2.26. The maximum atomic E-state index is 12.5. The highest BCUT2D eigenvalue weighted by molar-refractivity contribution is 5.37. The molecule has 4 nitrogen and oxygen atoms in total. The minimum absolute atomic E-state index is 0.245. The first kappa shape index (κ1) is 13.1. The van der Waals surface area contributed by atoms with Gasteiger partial charge in [0.25, 0.3) is 0 Å². The van der Waals surface area contributed by atoms with Gasteiger partial charge in [0.2, 0.25) is 11.7 Å². The Labute approximate surface area is 107 Å². The zero-order valence-corrected chi connectivity index (χ0v) is 9.90. The summed E-state index contributed by atoms with van der Waals surface area (Å²) in [6, 6.07) is 7.98. The van der Waals surface area contributed by atoms with Gasteiger partial charge in [0.05, 0.1) is 0 Å². The molecule has 0 saturated carbocycles. The molecule has 0 unspecified atom stereocenters. The number of nitrogens with two attached hydrogens (primary N) is 1. The molecule has 100 valence electrons. The van der Waals surface area contributed by atoms with E-state index in [1.807, 2.05) is 13.0 Å². The predicted molar refractivity (Wildman–Crippen MR) is 62.7 cm³/mol. The van der Waals surface area contributed by atoms with Gasteiger partial charge in [-0.2, -0.15) is 18.2 Å². The van der Waals surface area contributed by atoms with Crippen LogP contribution < -0.4 is 10.5 Å². The second kappa shape index (κ2) is 4.75. The zero-order valence-electron chi connectivity index (χ0n) is 9.90. The van der Waals surface area contributed by atoms with Crippen molar-refractivity contribution in [3.63, 3.8) is 0 Å². The predicted octanol–water partition coefficient (Wildman–Crippen LogP) is 3.18. The highest BCUT2D eigenvalue weighted by Gasteiger charge is 2.35. The van der Waals surface area contributed by atoms with Crippen molar-refractivity contribution in [3.05, 3.63) is 41.7 Å². The monoisotopic (exact) mass is 269 g/mol. The largest absolute Gasteiger partial charge is 0.451 e. The molecule has 0 radical (unpaired) electrons. The summed E-state index contributed by atoms with van der Waals surface area (Å²) in [7, 11) is 0. The number of ether oxygens (including phenoxy) is 1. The van der Waals surface area contributed by atoms with Gasteiger partial charge >= 0.3 is 6.18 Å². The summed E-state index contributed by atoms with van der Waals surface area (Å²) in [5.41, 5.74) is 6.22. The van der Waals surface area contributed by atoms with Gasteiger partial charge in [-0.25, -0.2) is 4.98 Å². The van der Waals surface area contributed by atoms with Crippen LogP contribution in [0.2, 0.25) is 0 Å². The molecule has 0 fully saturated rings. The Morgan fingerprint density at radius 3 is 2.53 bits per heavy atom. The van der Waals surface area contributed by atoms with Gasteiger partial charge in [0, 0.05) is 6.07 Å². The Morgan fingerprint density at radius 1 is 1.16 bits per heavy atom. The molecule has 0 amide bonds. The molecule has 0 aliphatic heterocycles. The summed E-state index contributed by atoms with van der Waals surface area (Å²) < 4.78 is 42.8. The Bertz CT molecular complexity index is 599. The number of benzene rings is 1. The quantitative estimate of drug-likeness (QED) is 0.909. The number of anilines is 1.